The fourth-order valence-electron chi connectivity index (χ4n) is 2.87. The van der Waals surface area contributed by atoms with Crippen LogP contribution in [-0.4, -0.2) is 32.1 Å². The van der Waals surface area contributed by atoms with Crippen molar-refractivity contribution in [2.24, 2.45) is 0 Å². The number of rotatable bonds is 5. The van der Waals surface area contributed by atoms with Crippen LogP contribution in [0.15, 0.2) is 48.5 Å². The first-order valence-electron chi connectivity index (χ1n) is 8.32. The Balaban J connectivity index is 1.64. The van der Waals surface area contributed by atoms with E-state index in [1.807, 2.05) is 43.3 Å². The van der Waals surface area contributed by atoms with E-state index in [-0.39, 0.29) is 5.91 Å². The number of nitrogens with zero attached hydrogens (tertiary/aromatic N) is 1. The lowest BCUT2D eigenvalue weighted by Crippen LogP contribution is -2.36. The summed E-state index contributed by atoms with van der Waals surface area (Å²) in [5.41, 5.74) is 3.14. The van der Waals surface area contributed by atoms with Crippen LogP contribution in [0.4, 0.5) is 11.4 Å². The van der Waals surface area contributed by atoms with Gasteiger partial charge in [0.05, 0.1) is 13.2 Å². The van der Waals surface area contributed by atoms with Crippen molar-refractivity contribution in [3.05, 3.63) is 54.1 Å². The minimum absolute atomic E-state index is 0.0177. The van der Waals surface area contributed by atoms with Crippen molar-refractivity contribution in [2.75, 3.05) is 36.5 Å². The third-order valence-corrected chi connectivity index (χ3v) is 3.99. The first kappa shape index (κ1) is 16.3. The smallest absolute Gasteiger partial charge is 0.243 e. The van der Waals surface area contributed by atoms with Crippen molar-refractivity contribution in [3.8, 4) is 5.75 Å². The Labute approximate surface area is 142 Å². The molecule has 0 aliphatic carbocycles. The van der Waals surface area contributed by atoms with E-state index in [9.17, 15) is 4.79 Å². The van der Waals surface area contributed by atoms with Crippen LogP contribution in [0.2, 0.25) is 0 Å². The van der Waals surface area contributed by atoms with Crippen LogP contribution >= 0.6 is 0 Å². The second-order valence-electron chi connectivity index (χ2n) is 5.73. The van der Waals surface area contributed by atoms with Crippen molar-refractivity contribution in [1.82, 2.24) is 5.32 Å². The van der Waals surface area contributed by atoms with Gasteiger partial charge in [0.1, 0.15) is 5.75 Å². The zero-order chi connectivity index (χ0) is 16.8. The van der Waals surface area contributed by atoms with Gasteiger partial charge in [0, 0.05) is 31.0 Å². The molecule has 1 amide bonds. The Morgan fingerprint density at radius 2 is 2.00 bits per heavy atom. The maximum atomic E-state index is 12.4. The quantitative estimate of drug-likeness (QED) is 0.887. The number of benzene rings is 2. The summed E-state index contributed by atoms with van der Waals surface area (Å²) in [7, 11) is 0. The highest BCUT2D eigenvalue weighted by molar-refractivity contribution is 5.94. The van der Waals surface area contributed by atoms with Crippen LogP contribution in [0.5, 0.6) is 5.75 Å². The second kappa shape index (κ2) is 7.84. The molecule has 0 saturated carbocycles. The Morgan fingerprint density at radius 1 is 1.21 bits per heavy atom. The molecule has 0 radical (unpaired) electrons. The number of hydrogen-bond acceptors (Lipinski definition) is 4. The van der Waals surface area contributed by atoms with Crippen molar-refractivity contribution in [2.45, 2.75) is 13.5 Å². The normalized spacial score (nSPS) is 13.8. The number of para-hydroxylation sites is 1. The topological polar surface area (TPSA) is 53.6 Å². The van der Waals surface area contributed by atoms with E-state index in [0.29, 0.717) is 13.2 Å². The Kier molecular flexibility index (Phi) is 5.33. The molecule has 5 nitrogen and oxygen atoms in total. The standard InChI is InChI=1S/C19H23N3O2/c1-2-24-17-9-7-16(8-10-17)21-19(23)14-22-12-11-20-13-15-5-3-4-6-18(15)22/h3-10,20H,2,11-14H2,1H3,(H,21,23). The van der Waals surface area contributed by atoms with Crippen molar-refractivity contribution in [3.63, 3.8) is 0 Å². The zero-order valence-corrected chi connectivity index (χ0v) is 13.9. The lowest BCUT2D eigenvalue weighted by molar-refractivity contribution is -0.115. The van der Waals surface area contributed by atoms with E-state index >= 15 is 0 Å². The molecule has 0 aromatic heterocycles. The van der Waals surface area contributed by atoms with Gasteiger partial charge in [0.25, 0.3) is 0 Å². The third-order valence-electron chi connectivity index (χ3n) is 3.99. The van der Waals surface area contributed by atoms with Gasteiger partial charge in [0.2, 0.25) is 5.91 Å². The second-order valence-corrected chi connectivity index (χ2v) is 5.73. The fourth-order valence-corrected chi connectivity index (χ4v) is 2.87. The van der Waals surface area contributed by atoms with Gasteiger partial charge in [-0.2, -0.15) is 0 Å². The van der Waals surface area contributed by atoms with Gasteiger partial charge in [-0.05, 0) is 42.8 Å². The predicted octanol–water partition coefficient (Wildman–Crippen LogP) is 2.63. The van der Waals surface area contributed by atoms with Crippen LogP contribution in [-0.2, 0) is 11.3 Å². The largest absolute Gasteiger partial charge is 0.494 e. The lowest BCUT2D eigenvalue weighted by atomic mass is 10.1. The number of nitrogens with one attached hydrogen (secondary N) is 2. The maximum Gasteiger partial charge on any atom is 0.243 e. The molecule has 0 unspecified atom stereocenters. The van der Waals surface area contributed by atoms with E-state index < -0.39 is 0 Å². The highest BCUT2D eigenvalue weighted by Crippen LogP contribution is 2.22. The summed E-state index contributed by atoms with van der Waals surface area (Å²) in [4.78, 5) is 14.5. The number of carbonyl (C=O) groups excluding carboxylic acids is 1. The molecule has 0 fully saturated rings. The fraction of sp³-hybridized carbons (Fsp3) is 0.316. The van der Waals surface area contributed by atoms with Crippen molar-refractivity contribution >= 4 is 17.3 Å². The molecule has 24 heavy (non-hydrogen) atoms. The minimum atomic E-state index is -0.0177. The molecule has 126 valence electrons. The number of anilines is 2. The number of ether oxygens (including phenoxy) is 1. The van der Waals surface area contributed by atoms with Crippen molar-refractivity contribution in [1.29, 1.82) is 0 Å². The molecule has 0 atom stereocenters. The summed E-state index contributed by atoms with van der Waals surface area (Å²) < 4.78 is 5.41. The van der Waals surface area contributed by atoms with Gasteiger partial charge in [0.15, 0.2) is 0 Å². The Bertz CT molecular complexity index is 685. The molecule has 2 aromatic rings. The SMILES string of the molecule is CCOc1ccc(NC(=O)CN2CCNCc3ccccc32)cc1. The third kappa shape index (κ3) is 4.06. The summed E-state index contributed by atoms with van der Waals surface area (Å²) in [6.45, 7) is 5.44. The molecule has 0 spiro atoms. The predicted molar refractivity (Wildman–Crippen MR) is 96.6 cm³/mol. The molecule has 1 heterocycles. The van der Waals surface area contributed by atoms with Gasteiger partial charge >= 0.3 is 0 Å². The number of fused-ring (bicyclic) bond motifs is 1. The zero-order valence-electron chi connectivity index (χ0n) is 13.9. The number of amides is 1. The van der Waals surface area contributed by atoms with Crippen LogP contribution in [0, 0.1) is 0 Å². The highest BCUT2D eigenvalue weighted by Gasteiger charge is 2.17. The Morgan fingerprint density at radius 3 is 2.79 bits per heavy atom. The summed E-state index contributed by atoms with van der Waals surface area (Å²) in [6.07, 6.45) is 0. The molecular weight excluding hydrogens is 302 g/mol. The summed E-state index contributed by atoms with van der Waals surface area (Å²) in [5, 5.41) is 6.34. The van der Waals surface area contributed by atoms with E-state index in [4.69, 9.17) is 4.74 Å². The van der Waals surface area contributed by atoms with E-state index in [1.165, 1.54) is 5.56 Å². The maximum absolute atomic E-state index is 12.4. The molecule has 5 heteroatoms. The van der Waals surface area contributed by atoms with Gasteiger partial charge in [-0.15, -0.1) is 0 Å². The van der Waals surface area contributed by atoms with E-state index in [0.717, 1.165) is 36.8 Å². The van der Waals surface area contributed by atoms with Gasteiger partial charge in [-0.1, -0.05) is 18.2 Å². The average Bonchev–Trinajstić information content (AvgIpc) is 2.79. The molecule has 3 rings (SSSR count). The number of carbonyl (C=O) groups is 1. The van der Waals surface area contributed by atoms with E-state index in [2.05, 4.69) is 27.7 Å². The summed E-state index contributed by atoms with van der Waals surface area (Å²) >= 11 is 0. The molecule has 0 bridgehead atoms. The first-order chi connectivity index (χ1) is 11.8. The highest BCUT2D eigenvalue weighted by atomic mass is 16.5. The monoisotopic (exact) mass is 325 g/mol. The average molecular weight is 325 g/mol. The Hall–Kier alpha value is -2.53. The van der Waals surface area contributed by atoms with Crippen LogP contribution in [0.3, 0.4) is 0 Å². The molecule has 2 N–H and O–H groups in total. The molecule has 1 aliphatic heterocycles. The van der Waals surface area contributed by atoms with Gasteiger partial charge in [-0.3, -0.25) is 4.79 Å². The van der Waals surface area contributed by atoms with Crippen molar-refractivity contribution < 1.29 is 9.53 Å². The molecule has 2 aromatic carbocycles. The summed E-state index contributed by atoms with van der Waals surface area (Å²) in [6, 6.07) is 15.7. The summed E-state index contributed by atoms with van der Waals surface area (Å²) in [5.74, 6) is 0.791. The van der Waals surface area contributed by atoms with Crippen LogP contribution in [0.25, 0.3) is 0 Å². The van der Waals surface area contributed by atoms with Gasteiger partial charge < -0.3 is 20.3 Å². The molecule has 0 saturated heterocycles. The molecular formula is C19H23N3O2. The first-order valence-corrected chi connectivity index (χ1v) is 8.32. The van der Waals surface area contributed by atoms with E-state index in [1.54, 1.807) is 0 Å². The van der Waals surface area contributed by atoms with Crippen LogP contribution < -0.4 is 20.3 Å². The molecule has 1 aliphatic rings. The van der Waals surface area contributed by atoms with Crippen LogP contribution in [0.1, 0.15) is 12.5 Å². The van der Waals surface area contributed by atoms with Gasteiger partial charge in [-0.25, -0.2) is 0 Å². The number of hydrogen-bond donors (Lipinski definition) is 2. The lowest BCUT2D eigenvalue weighted by Gasteiger charge is -2.23. The minimum Gasteiger partial charge on any atom is -0.494 e.